The van der Waals surface area contributed by atoms with Crippen LogP contribution >= 0.6 is 0 Å². The van der Waals surface area contributed by atoms with Crippen molar-refractivity contribution >= 4 is 0 Å². The SMILES string of the molecule is Cc1cn([C@H]2C[C@H](n3nncc3CO)[C@@H](CO)O2)c(=O)[nH]c1=O. The van der Waals surface area contributed by atoms with Gasteiger partial charge in [-0.1, -0.05) is 5.21 Å². The Kier molecular flexibility index (Phi) is 4.11. The van der Waals surface area contributed by atoms with Crippen LogP contribution in [0.3, 0.4) is 0 Å². The lowest BCUT2D eigenvalue weighted by Gasteiger charge is -2.17. The molecule has 1 saturated heterocycles. The van der Waals surface area contributed by atoms with Crippen molar-refractivity contribution in [2.45, 2.75) is 38.3 Å². The number of hydrogen-bond donors (Lipinski definition) is 3. The van der Waals surface area contributed by atoms with Gasteiger partial charge in [0, 0.05) is 18.2 Å². The normalized spacial score (nSPS) is 24.2. The molecule has 3 N–H and O–H groups in total. The molecule has 0 radical (unpaired) electrons. The van der Waals surface area contributed by atoms with Gasteiger partial charge in [0.15, 0.2) is 0 Å². The van der Waals surface area contributed by atoms with E-state index < -0.39 is 23.6 Å². The minimum Gasteiger partial charge on any atom is -0.394 e. The fourth-order valence-electron chi connectivity index (χ4n) is 2.76. The van der Waals surface area contributed by atoms with Crippen LogP contribution in [0.15, 0.2) is 22.0 Å². The summed E-state index contributed by atoms with van der Waals surface area (Å²) >= 11 is 0. The molecule has 3 atom stereocenters. The largest absolute Gasteiger partial charge is 0.394 e. The molecule has 1 aliphatic heterocycles. The third-order valence-electron chi connectivity index (χ3n) is 3.97. The molecule has 1 aliphatic rings. The van der Waals surface area contributed by atoms with Crippen molar-refractivity contribution in [3.05, 3.63) is 44.5 Å². The molecule has 0 saturated carbocycles. The van der Waals surface area contributed by atoms with Crippen LogP contribution in [0.1, 0.15) is 29.9 Å². The van der Waals surface area contributed by atoms with Gasteiger partial charge in [-0.2, -0.15) is 0 Å². The molecule has 3 rings (SSSR count). The third-order valence-corrected chi connectivity index (χ3v) is 3.97. The predicted octanol–water partition coefficient (Wildman–Crippen LogP) is -1.55. The molecule has 23 heavy (non-hydrogen) atoms. The molecule has 0 amide bonds. The molecule has 1 fully saturated rings. The van der Waals surface area contributed by atoms with Gasteiger partial charge in [0.05, 0.1) is 31.1 Å². The summed E-state index contributed by atoms with van der Waals surface area (Å²) in [7, 11) is 0. The van der Waals surface area contributed by atoms with E-state index in [0.717, 1.165) is 0 Å². The zero-order valence-corrected chi connectivity index (χ0v) is 12.4. The second kappa shape index (κ2) is 6.07. The quantitative estimate of drug-likeness (QED) is 0.620. The van der Waals surface area contributed by atoms with Crippen molar-refractivity contribution < 1.29 is 14.9 Å². The van der Waals surface area contributed by atoms with Crippen LogP contribution in [0.25, 0.3) is 0 Å². The number of nitrogens with zero attached hydrogens (tertiary/aromatic N) is 4. The first kappa shape index (κ1) is 15.6. The Balaban J connectivity index is 1.95. The summed E-state index contributed by atoms with van der Waals surface area (Å²) in [4.78, 5) is 25.7. The average Bonchev–Trinajstić information content (AvgIpc) is 3.16. The Labute approximate surface area is 130 Å². The summed E-state index contributed by atoms with van der Waals surface area (Å²) < 4.78 is 8.51. The summed E-state index contributed by atoms with van der Waals surface area (Å²) in [6.45, 7) is 1.07. The van der Waals surface area contributed by atoms with Crippen LogP contribution in [0, 0.1) is 6.92 Å². The highest BCUT2D eigenvalue weighted by molar-refractivity contribution is 5.03. The molecule has 0 aromatic carbocycles. The van der Waals surface area contributed by atoms with E-state index in [-0.39, 0.29) is 19.3 Å². The van der Waals surface area contributed by atoms with E-state index in [1.165, 1.54) is 21.6 Å². The van der Waals surface area contributed by atoms with Crippen molar-refractivity contribution in [3.63, 3.8) is 0 Å². The summed E-state index contributed by atoms with van der Waals surface area (Å²) in [6.07, 6.45) is 1.93. The number of aliphatic hydroxyl groups excluding tert-OH is 2. The van der Waals surface area contributed by atoms with Gasteiger partial charge in [-0.15, -0.1) is 5.10 Å². The molecular weight excluding hydrogens is 306 g/mol. The highest BCUT2D eigenvalue weighted by Crippen LogP contribution is 2.36. The van der Waals surface area contributed by atoms with Crippen LogP contribution in [-0.2, 0) is 11.3 Å². The zero-order chi connectivity index (χ0) is 16.6. The first-order valence-electron chi connectivity index (χ1n) is 7.13. The number of aromatic amines is 1. The van der Waals surface area contributed by atoms with Crippen LogP contribution in [0.2, 0.25) is 0 Å². The monoisotopic (exact) mass is 323 g/mol. The minimum absolute atomic E-state index is 0.246. The smallest absolute Gasteiger partial charge is 0.330 e. The highest BCUT2D eigenvalue weighted by Gasteiger charge is 2.39. The van der Waals surface area contributed by atoms with E-state index in [1.807, 2.05) is 0 Å². The fraction of sp³-hybridized carbons (Fsp3) is 0.538. The lowest BCUT2D eigenvalue weighted by atomic mass is 10.1. The number of nitrogens with one attached hydrogen (secondary N) is 1. The molecular formula is C13H17N5O5. The number of H-pyrrole nitrogens is 1. The maximum Gasteiger partial charge on any atom is 0.330 e. The predicted molar refractivity (Wildman–Crippen MR) is 76.7 cm³/mol. The van der Waals surface area contributed by atoms with Crippen LogP contribution in [0.4, 0.5) is 0 Å². The summed E-state index contributed by atoms with van der Waals surface area (Å²) in [5, 5.41) is 26.5. The molecule has 0 spiro atoms. The van der Waals surface area contributed by atoms with Gasteiger partial charge in [0.1, 0.15) is 12.3 Å². The molecule has 2 aromatic rings. The van der Waals surface area contributed by atoms with Crippen LogP contribution < -0.4 is 11.2 Å². The number of hydrogen-bond acceptors (Lipinski definition) is 7. The van der Waals surface area contributed by atoms with E-state index in [9.17, 15) is 19.8 Å². The maximum atomic E-state index is 12.0. The van der Waals surface area contributed by atoms with Crippen molar-refractivity contribution in [2.24, 2.45) is 0 Å². The number of aryl methyl sites for hydroxylation is 1. The summed E-state index contributed by atoms with van der Waals surface area (Å²) in [5.41, 5.74) is -0.154. The Hall–Kier alpha value is -2.30. The lowest BCUT2D eigenvalue weighted by Crippen LogP contribution is -2.33. The van der Waals surface area contributed by atoms with E-state index in [0.29, 0.717) is 17.7 Å². The van der Waals surface area contributed by atoms with Crippen molar-refractivity contribution in [3.8, 4) is 0 Å². The third kappa shape index (κ3) is 2.71. The molecule has 3 heterocycles. The van der Waals surface area contributed by atoms with E-state index in [1.54, 1.807) is 6.92 Å². The maximum absolute atomic E-state index is 12.0. The topological polar surface area (TPSA) is 135 Å². The number of aliphatic hydroxyl groups is 2. The Bertz CT molecular complexity index is 810. The van der Waals surface area contributed by atoms with Gasteiger partial charge in [-0.05, 0) is 6.92 Å². The van der Waals surface area contributed by atoms with Gasteiger partial charge in [-0.25, -0.2) is 9.48 Å². The molecule has 10 nitrogen and oxygen atoms in total. The summed E-state index contributed by atoms with van der Waals surface area (Å²) in [6, 6.07) is -0.381. The molecule has 0 aliphatic carbocycles. The molecule has 2 aromatic heterocycles. The first-order valence-corrected chi connectivity index (χ1v) is 7.13. The van der Waals surface area contributed by atoms with E-state index in [4.69, 9.17) is 4.74 Å². The average molecular weight is 323 g/mol. The minimum atomic E-state index is -0.657. The molecule has 124 valence electrons. The van der Waals surface area contributed by atoms with Gasteiger partial charge in [0.2, 0.25) is 0 Å². The standard InChI is InChI=1S/C13H17N5O5/c1-7-4-17(13(22)15-12(7)21)11-2-9(10(6-20)23-11)18-8(5-19)3-14-16-18/h3-4,9-11,19-20H,2,5-6H2,1H3,(H,15,21,22)/t9-,10+,11+/m0/s1. The van der Waals surface area contributed by atoms with Gasteiger partial charge in [0.25, 0.3) is 5.56 Å². The molecule has 10 heteroatoms. The number of aromatic nitrogens is 5. The fourth-order valence-corrected chi connectivity index (χ4v) is 2.76. The Morgan fingerprint density at radius 2 is 2.22 bits per heavy atom. The van der Waals surface area contributed by atoms with Gasteiger partial charge < -0.3 is 14.9 Å². The lowest BCUT2D eigenvalue weighted by molar-refractivity contribution is -0.0327. The van der Waals surface area contributed by atoms with E-state index >= 15 is 0 Å². The Morgan fingerprint density at radius 1 is 1.43 bits per heavy atom. The second-order valence-electron chi connectivity index (χ2n) is 5.42. The van der Waals surface area contributed by atoms with Crippen molar-refractivity contribution in [1.29, 1.82) is 0 Å². The first-order chi connectivity index (χ1) is 11.0. The van der Waals surface area contributed by atoms with Crippen molar-refractivity contribution in [1.82, 2.24) is 24.5 Å². The molecule has 0 unspecified atom stereocenters. The van der Waals surface area contributed by atoms with Crippen molar-refractivity contribution in [2.75, 3.05) is 6.61 Å². The zero-order valence-electron chi connectivity index (χ0n) is 12.4. The summed E-state index contributed by atoms with van der Waals surface area (Å²) in [5.74, 6) is 0. The van der Waals surface area contributed by atoms with Gasteiger partial charge >= 0.3 is 5.69 Å². The highest BCUT2D eigenvalue weighted by atomic mass is 16.5. The van der Waals surface area contributed by atoms with E-state index in [2.05, 4.69) is 15.3 Å². The Morgan fingerprint density at radius 3 is 2.91 bits per heavy atom. The second-order valence-corrected chi connectivity index (χ2v) is 5.42. The number of ether oxygens (including phenoxy) is 1. The molecule has 0 bridgehead atoms. The number of rotatable bonds is 4. The van der Waals surface area contributed by atoms with Gasteiger partial charge in [-0.3, -0.25) is 14.3 Å². The van der Waals surface area contributed by atoms with Crippen LogP contribution in [0.5, 0.6) is 0 Å². The van der Waals surface area contributed by atoms with Crippen LogP contribution in [-0.4, -0.2) is 47.5 Å².